The summed E-state index contributed by atoms with van der Waals surface area (Å²) in [5.74, 6) is 2.27. The molecule has 0 bridgehead atoms. The van der Waals surface area contributed by atoms with Crippen LogP contribution in [0.5, 0.6) is 23.0 Å². The van der Waals surface area contributed by atoms with Gasteiger partial charge in [-0.3, -0.25) is 10.1 Å². The van der Waals surface area contributed by atoms with Crippen LogP contribution in [0.25, 0.3) is 10.8 Å². The lowest BCUT2D eigenvalue weighted by molar-refractivity contribution is -0.117. The molecule has 0 unspecified atom stereocenters. The van der Waals surface area contributed by atoms with E-state index in [4.69, 9.17) is 14.2 Å². The van der Waals surface area contributed by atoms with Crippen molar-refractivity contribution in [3.63, 3.8) is 0 Å². The molecule has 0 atom stereocenters. The van der Waals surface area contributed by atoms with Crippen LogP contribution in [0.3, 0.4) is 0 Å². The Morgan fingerprint density at radius 3 is 2.23 bits per heavy atom. The summed E-state index contributed by atoms with van der Waals surface area (Å²) in [6.07, 6.45) is 0. The fourth-order valence-electron chi connectivity index (χ4n) is 3.39. The first-order valence-electron chi connectivity index (χ1n) is 10.8. The highest BCUT2D eigenvalue weighted by atomic mass is 32.2. The third-order valence-corrected chi connectivity index (χ3v) is 6.06. The van der Waals surface area contributed by atoms with E-state index in [1.165, 1.54) is 11.8 Å². The number of carbonyl (C=O) groups excluding carboxylic acids is 2. The molecule has 0 heterocycles. The molecule has 8 heteroatoms. The monoisotopic (exact) mass is 488 g/mol. The number of benzene rings is 4. The molecule has 178 valence electrons. The topological polar surface area (TPSA) is 85.9 Å². The van der Waals surface area contributed by atoms with Crippen molar-refractivity contribution in [2.24, 2.45) is 0 Å². The molecule has 0 radical (unpaired) electrons. The minimum absolute atomic E-state index is 0.145. The summed E-state index contributed by atoms with van der Waals surface area (Å²) in [6.45, 7) is 0. The molecule has 2 N–H and O–H groups in total. The largest absolute Gasteiger partial charge is 0.493 e. The first-order valence-corrected chi connectivity index (χ1v) is 11.8. The van der Waals surface area contributed by atoms with Crippen LogP contribution < -0.4 is 24.8 Å². The van der Waals surface area contributed by atoms with E-state index in [1.54, 1.807) is 38.5 Å². The van der Waals surface area contributed by atoms with Gasteiger partial charge in [0.05, 0.1) is 20.0 Å². The normalized spacial score (nSPS) is 10.5. The molecule has 3 amide bonds. The minimum atomic E-state index is -0.590. The van der Waals surface area contributed by atoms with Gasteiger partial charge in [0, 0.05) is 16.0 Å². The van der Waals surface area contributed by atoms with Gasteiger partial charge in [-0.15, -0.1) is 11.8 Å². The van der Waals surface area contributed by atoms with Crippen LogP contribution in [0.4, 0.5) is 10.5 Å². The Labute approximate surface area is 207 Å². The number of hydrogen-bond donors (Lipinski definition) is 2. The second kappa shape index (κ2) is 11.3. The first-order chi connectivity index (χ1) is 17.1. The molecule has 4 rings (SSSR count). The Bertz CT molecular complexity index is 1330. The molecule has 0 aliphatic rings. The average molecular weight is 489 g/mol. The maximum atomic E-state index is 12.2. The Hall–Kier alpha value is -4.17. The lowest BCUT2D eigenvalue weighted by atomic mass is 10.1. The van der Waals surface area contributed by atoms with E-state index >= 15 is 0 Å². The molecule has 0 spiro atoms. The number of methoxy groups -OCH3 is 2. The number of rotatable bonds is 8. The number of imide groups is 1. The van der Waals surface area contributed by atoms with Gasteiger partial charge in [-0.25, -0.2) is 4.79 Å². The second-order valence-corrected chi connectivity index (χ2v) is 8.46. The van der Waals surface area contributed by atoms with E-state index < -0.39 is 6.03 Å². The molecule has 7 nitrogen and oxygen atoms in total. The van der Waals surface area contributed by atoms with Gasteiger partial charge in [-0.1, -0.05) is 30.3 Å². The van der Waals surface area contributed by atoms with Gasteiger partial charge in [-0.2, -0.15) is 0 Å². The molecule has 4 aromatic carbocycles. The summed E-state index contributed by atoms with van der Waals surface area (Å²) in [5.41, 5.74) is 0.530. The molecular weight excluding hydrogens is 464 g/mol. The number of thioether (sulfide) groups is 1. The SMILES string of the molecule is COc1cc2cccc(Oc3ccc(NC(=O)NC(=O)CSc4ccccc4)cc3)c2cc1OC. The molecule has 0 fully saturated rings. The smallest absolute Gasteiger partial charge is 0.325 e. The number of carbonyl (C=O) groups is 2. The van der Waals surface area contributed by atoms with E-state index in [1.807, 2.05) is 60.7 Å². The summed E-state index contributed by atoms with van der Waals surface area (Å²) in [7, 11) is 3.18. The zero-order valence-electron chi connectivity index (χ0n) is 19.2. The number of hydrogen-bond acceptors (Lipinski definition) is 6. The number of urea groups is 1. The number of nitrogens with one attached hydrogen (secondary N) is 2. The first kappa shape index (κ1) is 24.0. The van der Waals surface area contributed by atoms with Crippen molar-refractivity contribution in [3.05, 3.63) is 84.9 Å². The molecule has 0 saturated carbocycles. The molecular formula is C27H24N2O5S. The number of anilines is 1. The predicted octanol–water partition coefficient (Wildman–Crippen LogP) is 6.09. The van der Waals surface area contributed by atoms with E-state index in [-0.39, 0.29) is 11.7 Å². The van der Waals surface area contributed by atoms with Gasteiger partial charge in [0.15, 0.2) is 11.5 Å². The number of fused-ring (bicyclic) bond motifs is 1. The van der Waals surface area contributed by atoms with Crippen molar-refractivity contribution in [2.45, 2.75) is 4.90 Å². The maximum Gasteiger partial charge on any atom is 0.325 e. The van der Waals surface area contributed by atoms with Crippen LogP contribution in [0.1, 0.15) is 0 Å². The van der Waals surface area contributed by atoms with Crippen molar-refractivity contribution in [3.8, 4) is 23.0 Å². The van der Waals surface area contributed by atoms with E-state index in [9.17, 15) is 9.59 Å². The summed E-state index contributed by atoms with van der Waals surface area (Å²) in [6, 6.07) is 25.3. The highest BCUT2D eigenvalue weighted by Gasteiger charge is 2.11. The molecule has 0 saturated heterocycles. The molecule has 35 heavy (non-hydrogen) atoms. The van der Waals surface area contributed by atoms with Gasteiger partial charge < -0.3 is 19.5 Å². The Kier molecular flexibility index (Phi) is 7.74. The van der Waals surface area contributed by atoms with Gasteiger partial charge >= 0.3 is 6.03 Å². The Balaban J connectivity index is 1.36. The number of ether oxygens (including phenoxy) is 3. The fraction of sp³-hybridized carbons (Fsp3) is 0.111. The lowest BCUT2D eigenvalue weighted by Gasteiger charge is -2.13. The standard InChI is InChI=1S/C27H24N2O5S/c1-32-24-15-18-7-6-10-23(22(18)16-25(24)33-2)34-20-13-11-19(12-14-20)28-27(31)29-26(30)17-35-21-8-4-3-5-9-21/h3-16H,17H2,1-2H3,(H2,28,29,30,31). The Morgan fingerprint density at radius 2 is 1.51 bits per heavy atom. The van der Waals surface area contributed by atoms with Crippen LogP contribution in [-0.2, 0) is 4.79 Å². The van der Waals surface area contributed by atoms with Crippen LogP contribution in [0, 0.1) is 0 Å². The highest BCUT2D eigenvalue weighted by molar-refractivity contribution is 8.00. The maximum absolute atomic E-state index is 12.2. The molecule has 0 aliphatic heterocycles. The van der Waals surface area contributed by atoms with Gasteiger partial charge in [0.25, 0.3) is 0 Å². The average Bonchev–Trinajstić information content (AvgIpc) is 2.88. The molecule has 0 aromatic heterocycles. The van der Waals surface area contributed by atoms with Crippen molar-refractivity contribution >= 4 is 40.2 Å². The zero-order chi connectivity index (χ0) is 24.6. The van der Waals surface area contributed by atoms with Crippen molar-refractivity contribution < 1.29 is 23.8 Å². The van der Waals surface area contributed by atoms with Gasteiger partial charge in [0.2, 0.25) is 5.91 Å². The zero-order valence-corrected chi connectivity index (χ0v) is 20.1. The van der Waals surface area contributed by atoms with Gasteiger partial charge in [-0.05, 0) is 60.0 Å². The molecule has 0 aliphatic carbocycles. The van der Waals surface area contributed by atoms with Crippen molar-refractivity contribution in [1.82, 2.24) is 5.32 Å². The summed E-state index contributed by atoms with van der Waals surface area (Å²) in [5, 5.41) is 6.81. The van der Waals surface area contributed by atoms with Crippen molar-refractivity contribution in [2.75, 3.05) is 25.3 Å². The van der Waals surface area contributed by atoms with Crippen molar-refractivity contribution in [1.29, 1.82) is 0 Å². The van der Waals surface area contributed by atoms with Crippen LogP contribution in [0.2, 0.25) is 0 Å². The third kappa shape index (κ3) is 6.24. The lowest BCUT2D eigenvalue weighted by Crippen LogP contribution is -2.35. The fourth-order valence-corrected chi connectivity index (χ4v) is 4.11. The third-order valence-electron chi connectivity index (χ3n) is 5.05. The summed E-state index contributed by atoms with van der Waals surface area (Å²) >= 11 is 1.36. The minimum Gasteiger partial charge on any atom is -0.493 e. The van der Waals surface area contributed by atoms with Crippen LogP contribution in [0.15, 0.2) is 89.8 Å². The van der Waals surface area contributed by atoms with Gasteiger partial charge in [0.1, 0.15) is 11.5 Å². The van der Waals surface area contributed by atoms with Crippen LogP contribution >= 0.6 is 11.8 Å². The highest BCUT2D eigenvalue weighted by Crippen LogP contribution is 2.37. The summed E-state index contributed by atoms with van der Waals surface area (Å²) in [4.78, 5) is 25.2. The van der Waals surface area contributed by atoms with E-state index in [2.05, 4.69) is 10.6 Å². The summed E-state index contributed by atoms with van der Waals surface area (Å²) < 4.78 is 16.9. The predicted molar refractivity (Wildman–Crippen MR) is 138 cm³/mol. The Morgan fingerprint density at radius 1 is 0.800 bits per heavy atom. The van der Waals surface area contributed by atoms with E-state index in [0.717, 1.165) is 15.7 Å². The van der Waals surface area contributed by atoms with E-state index in [0.29, 0.717) is 28.7 Å². The number of amides is 3. The van der Waals surface area contributed by atoms with Crippen LogP contribution in [-0.4, -0.2) is 31.9 Å². The molecule has 4 aromatic rings. The second-order valence-electron chi connectivity index (χ2n) is 7.41. The quantitative estimate of drug-likeness (QED) is 0.292.